The molecule has 30 heavy (non-hydrogen) atoms. The number of nitrogens with one attached hydrogen (secondary N) is 1. The summed E-state index contributed by atoms with van der Waals surface area (Å²) in [6.07, 6.45) is 2.29. The van der Waals surface area contributed by atoms with Crippen molar-refractivity contribution in [3.05, 3.63) is 65.7 Å². The summed E-state index contributed by atoms with van der Waals surface area (Å²) in [7, 11) is 5.28. The van der Waals surface area contributed by atoms with Crippen molar-refractivity contribution < 1.29 is 9.53 Å². The van der Waals surface area contributed by atoms with E-state index in [4.69, 9.17) is 4.74 Å². The fraction of sp³-hybridized carbons (Fsp3) is 0.417. The van der Waals surface area contributed by atoms with Gasteiger partial charge >= 0.3 is 0 Å². The largest absolute Gasteiger partial charge is 0.484 e. The topological polar surface area (TPSA) is 57.2 Å². The number of amides is 1. The molecule has 6 heteroatoms. The zero-order chi connectivity index (χ0) is 21.3. The molecule has 2 aromatic carbocycles. The Morgan fingerprint density at radius 3 is 2.67 bits per heavy atom. The summed E-state index contributed by atoms with van der Waals surface area (Å²) in [6.45, 7) is 2.74. The monoisotopic (exact) mass is 408 g/mol. The standard InChI is InChI=1S/C24H32N4O2/c1-25-24(28-13-12-21(17-28)14-19-8-5-4-6-9-19)26-16-20-10-7-11-22(15-20)30-18-23(29)27(2)3/h4-11,15,21H,12-14,16-18H2,1-3H3,(H,25,26). The smallest absolute Gasteiger partial charge is 0.259 e. The van der Waals surface area contributed by atoms with Gasteiger partial charge in [-0.25, -0.2) is 0 Å². The molecule has 1 amide bonds. The van der Waals surface area contributed by atoms with Crippen LogP contribution in [0.1, 0.15) is 17.5 Å². The molecule has 0 aliphatic carbocycles. The molecule has 1 aliphatic rings. The van der Waals surface area contributed by atoms with Gasteiger partial charge in [0.25, 0.3) is 5.91 Å². The summed E-state index contributed by atoms with van der Waals surface area (Å²) in [5, 5.41) is 3.47. The predicted molar refractivity (Wildman–Crippen MR) is 121 cm³/mol. The minimum atomic E-state index is -0.0574. The molecule has 1 saturated heterocycles. The van der Waals surface area contributed by atoms with Gasteiger partial charge in [0.15, 0.2) is 12.6 Å². The van der Waals surface area contributed by atoms with Crippen LogP contribution in [0.4, 0.5) is 0 Å². The van der Waals surface area contributed by atoms with E-state index < -0.39 is 0 Å². The van der Waals surface area contributed by atoms with E-state index in [-0.39, 0.29) is 12.5 Å². The first kappa shape index (κ1) is 21.7. The summed E-state index contributed by atoms with van der Waals surface area (Å²) in [6, 6.07) is 18.5. The van der Waals surface area contributed by atoms with Gasteiger partial charge in [-0.2, -0.15) is 0 Å². The third kappa shape index (κ3) is 6.24. The Balaban J connectivity index is 1.50. The molecule has 0 bridgehead atoms. The first-order valence-corrected chi connectivity index (χ1v) is 10.5. The van der Waals surface area contributed by atoms with Crippen LogP contribution in [0.25, 0.3) is 0 Å². The van der Waals surface area contributed by atoms with E-state index in [1.54, 1.807) is 14.1 Å². The highest BCUT2D eigenvalue weighted by molar-refractivity contribution is 5.80. The van der Waals surface area contributed by atoms with Crippen LogP contribution in [-0.4, -0.2) is 62.5 Å². The highest BCUT2D eigenvalue weighted by Crippen LogP contribution is 2.21. The second-order valence-electron chi connectivity index (χ2n) is 7.92. The van der Waals surface area contributed by atoms with Gasteiger partial charge in [0.05, 0.1) is 0 Å². The van der Waals surface area contributed by atoms with Gasteiger partial charge < -0.3 is 19.9 Å². The lowest BCUT2D eigenvalue weighted by molar-refractivity contribution is -0.130. The maximum absolute atomic E-state index is 11.7. The maximum atomic E-state index is 11.7. The van der Waals surface area contributed by atoms with Crippen molar-refractivity contribution in [3.8, 4) is 5.75 Å². The van der Waals surface area contributed by atoms with Gasteiger partial charge in [0.2, 0.25) is 0 Å². The summed E-state index contributed by atoms with van der Waals surface area (Å²) < 4.78 is 5.61. The van der Waals surface area contributed by atoms with Crippen molar-refractivity contribution in [1.82, 2.24) is 15.1 Å². The summed E-state index contributed by atoms with van der Waals surface area (Å²) in [5.41, 5.74) is 2.49. The Kier molecular flexibility index (Phi) is 7.71. The molecular formula is C24H32N4O2. The molecule has 2 aromatic rings. The lowest BCUT2D eigenvalue weighted by atomic mass is 9.99. The number of aliphatic imine (C=N–C) groups is 1. The van der Waals surface area contributed by atoms with Gasteiger partial charge in [-0.1, -0.05) is 42.5 Å². The zero-order valence-corrected chi connectivity index (χ0v) is 18.2. The van der Waals surface area contributed by atoms with E-state index in [1.165, 1.54) is 16.9 Å². The number of hydrogen-bond donors (Lipinski definition) is 1. The lowest BCUT2D eigenvalue weighted by Gasteiger charge is -2.22. The number of likely N-dealkylation sites (N-methyl/N-ethyl adjacent to an activating group) is 1. The molecule has 1 atom stereocenters. The van der Waals surface area contributed by atoms with Crippen molar-refractivity contribution in [2.45, 2.75) is 19.4 Å². The molecule has 1 aliphatic heterocycles. The van der Waals surface area contributed by atoms with E-state index >= 15 is 0 Å². The van der Waals surface area contributed by atoms with Crippen LogP contribution >= 0.6 is 0 Å². The number of ether oxygens (including phenoxy) is 1. The highest BCUT2D eigenvalue weighted by Gasteiger charge is 2.24. The molecule has 1 unspecified atom stereocenters. The zero-order valence-electron chi connectivity index (χ0n) is 18.2. The summed E-state index contributed by atoms with van der Waals surface area (Å²) >= 11 is 0. The average Bonchev–Trinajstić information content (AvgIpc) is 3.21. The first-order valence-electron chi connectivity index (χ1n) is 10.5. The van der Waals surface area contributed by atoms with Crippen LogP contribution in [0.5, 0.6) is 5.75 Å². The van der Waals surface area contributed by atoms with E-state index in [2.05, 4.69) is 45.5 Å². The van der Waals surface area contributed by atoms with Gasteiger partial charge in [-0.05, 0) is 42.0 Å². The Labute approximate surface area is 179 Å². The van der Waals surface area contributed by atoms with Crippen LogP contribution in [0, 0.1) is 5.92 Å². The molecule has 0 spiro atoms. The molecule has 6 nitrogen and oxygen atoms in total. The number of benzene rings is 2. The fourth-order valence-electron chi connectivity index (χ4n) is 3.67. The Morgan fingerprint density at radius 2 is 1.93 bits per heavy atom. The Bertz CT molecular complexity index is 851. The molecule has 0 saturated carbocycles. The Morgan fingerprint density at radius 1 is 1.17 bits per heavy atom. The van der Waals surface area contributed by atoms with E-state index in [9.17, 15) is 4.79 Å². The first-order chi connectivity index (χ1) is 14.5. The molecule has 160 valence electrons. The third-order valence-corrected chi connectivity index (χ3v) is 5.37. The van der Waals surface area contributed by atoms with Crippen LogP contribution in [0.2, 0.25) is 0 Å². The molecular weight excluding hydrogens is 376 g/mol. The number of likely N-dealkylation sites (tertiary alicyclic amines) is 1. The molecule has 0 radical (unpaired) electrons. The molecule has 0 aromatic heterocycles. The third-order valence-electron chi connectivity index (χ3n) is 5.37. The number of carbonyl (C=O) groups is 1. The molecule has 3 rings (SSSR count). The molecule has 1 heterocycles. The normalized spacial score (nSPS) is 16.4. The minimum absolute atomic E-state index is 0.0438. The summed E-state index contributed by atoms with van der Waals surface area (Å²) in [4.78, 5) is 20.1. The van der Waals surface area contributed by atoms with Crippen LogP contribution in [-0.2, 0) is 17.8 Å². The van der Waals surface area contributed by atoms with Crippen LogP contribution in [0.15, 0.2) is 59.6 Å². The lowest BCUT2D eigenvalue weighted by Crippen LogP contribution is -2.39. The Hall–Kier alpha value is -3.02. The quantitative estimate of drug-likeness (QED) is 0.565. The van der Waals surface area contributed by atoms with Crippen molar-refractivity contribution in [1.29, 1.82) is 0 Å². The number of nitrogens with zero attached hydrogens (tertiary/aromatic N) is 3. The SMILES string of the molecule is CN=C(NCc1cccc(OCC(=O)N(C)C)c1)N1CCC(Cc2ccccc2)C1. The van der Waals surface area contributed by atoms with Gasteiger partial charge in [0.1, 0.15) is 5.75 Å². The van der Waals surface area contributed by atoms with Gasteiger partial charge in [-0.3, -0.25) is 9.79 Å². The van der Waals surface area contributed by atoms with E-state index in [0.717, 1.165) is 31.0 Å². The second-order valence-corrected chi connectivity index (χ2v) is 7.92. The molecule has 1 fully saturated rings. The average molecular weight is 409 g/mol. The maximum Gasteiger partial charge on any atom is 0.259 e. The summed E-state index contributed by atoms with van der Waals surface area (Å²) in [5.74, 6) is 2.22. The van der Waals surface area contributed by atoms with Crippen LogP contribution < -0.4 is 10.1 Å². The van der Waals surface area contributed by atoms with E-state index in [1.807, 2.05) is 31.3 Å². The van der Waals surface area contributed by atoms with Gasteiger partial charge in [-0.15, -0.1) is 0 Å². The number of rotatable bonds is 7. The fourth-order valence-corrected chi connectivity index (χ4v) is 3.67. The van der Waals surface area contributed by atoms with Crippen molar-refractivity contribution >= 4 is 11.9 Å². The predicted octanol–water partition coefficient (Wildman–Crippen LogP) is 2.79. The van der Waals surface area contributed by atoms with Crippen molar-refractivity contribution in [3.63, 3.8) is 0 Å². The number of carbonyl (C=O) groups excluding carboxylic acids is 1. The number of guanidine groups is 1. The minimum Gasteiger partial charge on any atom is -0.484 e. The van der Waals surface area contributed by atoms with Crippen molar-refractivity contribution in [2.24, 2.45) is 10.9 Å². The highest BCUT2D eigenvalue weighted by atomic mass is 16.5. The van der Waals surface area contributed by atoms with E-state index in [0.29, 0.717) is 18.2 Å². The van der Waals surface area contributed by atoms with Crippen molar-refractivity contribution in [2.75, 3.05) is 40.8 Å². The van der Waals surface area contributed by atoms with Gasteiger partial charge in [0, 0.05) is 40.8 Å². The van der Waals surface area contributed by atoms with Crippen LogP contribution in [0.3, 0.4) is 0 Å². The second kappa shape index (κ2) is 10.7. The number of hydrogen-bond acceptors (Lipinski definition) is 3. The molecule has 1 N–H and O–H groups in total.